The number of esters is 2. The lowest BCUT2D eigenvalue weighted by Gasteiger charge is -2.18. The standard InChI is InChI=1S/C29H45NO10/c1-8-19(5)15-36-28(33)39-24-11-10-22(14-25(24)40-29(34)37-16-20(6)9-2)13-23(30)27(32)38-21(7)17-35-26(31)12-18(3)4/h10-11,14,18-21,23H,8-9,12-13,15-17,30H2,1-7H3/t19?,20?,21-,23-/m0/s1. The van der Waals surface area contributed by atoms with Crippen LogP contribution in [0.4, 0.5) is 9.59 Å². The highest BCUT2D eigenvalue weighted by molar-refractivity contribution is 5.76. The molecule has 1 aromatic carbocycles. The van der Waals surface area contributed by atoms with Crippen molar-refractivity contribution in [3.8, 4) is 11.5 Å². The molecule has 0 aliphatic rings. The number of ether oxygens (including phenoxy) is 6. The molecule has 0 aliphatic carbocycles. The van der Waals surface area contributed by atoms with Gasteiger partial charge in [0.25, 0.3) is 0 Å². The summed E-state index contributed by atoms with van der Waals surface area (Å²) in [4.78, 5) is 48.7. The van der Waals surface area contributed by atoms with E-state index >= 15 is 0 Å². The van der Waals surface area contributed by atoms with Gasteiger partial charge in [0, 0.05) is 6.42 Å². The van der Waals surface area contributed by atoms with E-state index < -0.39 is 30.4 Å². The highest BCUT2D eigenvalue weighted by atomic mass is 16.7. The SMILES string of the molecule is CCC(C)COC(=O)Oc1ccc(C[C@H](N)C(=O)O[C@@H](C)COC(=O)CC(C)C)cc1OC(=O)OCC(C)CC. The van der Waals surface area contributed by atoms with Crippen LogP contribution in [0.25, 0.3) is 0 Å². The van der Waals surface area contributed by atoms with Gasteiger partial charge in [-0.05, 0) is 48.8 Å². The third-order valence-electron chi connectivity index (χ3n) is 5.89. The second-order valence-corrected chi connectivity index (χ2v) is 10.5. The molecular formula is C29H45NO10. The molecule has 0 aliphatic heterocycles. The number of hydrogen-bond donors (Lipinski definition) is 1. The molecule has 4 atom stereocenters. The van der Waals surface area contributed by atoms with Crippen LogP contribution in [0.1, 0.15) is 73.3 Å². The van der Waals surface area contributed by atoms with Crippen LogP contribution in [-0.2, 0) is 35.0 Å². The van der Waals surface area contributed by atoms with Crippen LogP contribution in [0.15, 0.2) is 18.2 Å². The second-order valence-electron chi connectivity index (χ2n) is 10.5. The Morgan fingerprint density at radius 1 is 0.775 bits per heavy atom. The molecule has 1 aromatic rings. The van der Waals surface area contributed by atoms with Gasteiger partial charge in [-0.15, -0.1) is 0 Å². The number of nitrogens with two attached hydrogens (primary N) is 1. The van der Waals surface area contributed by atoms with Crippen LogP contribution < -0.4 is 15.2 Å². The monoisotopic (exact) mass is 567 g/mol. The van der Waals surface area contributed by atoms with Gasteiger partial charge in [0.1, 0.15) is 18.8 Å². The molecule has 0 aromatic heterocycles. The Kier molecular flexibility index (Phi) is 15.7. The Hall–Kier alpha value is -3.34. The van der Waals surface area contributed by atoms with Crippen LogP contribution in [0, 0.1) is 17.8 Å². The fourth-order valence-electron chi connectivity index (χ4n) is 3.00. The molecule has 226 valence electrons. The van der Waals surface area contributed by atoms with Crippen LogP contribution >= 0.6 is 0 Å². The van der Waals surface area contributed by atoms with Gasteiger partial charge in [0.05, 0.1) is 13.2 Å². The first-order chi connectivity index (χ1) is 18.8. The molecule has 2 unspecified atom stereocenters. The molecule has 0 fully saturated rings. The largest absolute Gasteiger partial charge is 0.513 e. The molecule has 0 saturated carbocycles. The zero-order chi connectivity index (χ0) is 30.2. The summed E-state index contributed by atoms with van der Waals surface area (Å²) in [5.41, 5.74) is 6.55. The van der Waals surface area contributed by atoms with Crippen molar-refractivity contribution in [1.29, 1.82) is 0 Å². The van der Waals surface area contributed by atoms with Gasteiger partial charge in [-0.1, -0.05) is 60.5 Å². The maximum Gasteiger partial charge on any atom is 0.513 e. The van der Waals surface area contributed by atoms with Crippen LogP contribution in [-0.4, -0.2) is 56.2 Å². The molecule has 1 rings (SSSR count). The molecule has 40 heavy (non-hydrogen) atoms. The molecule has 0 saturated heterocycles. The number of carbonyl (C=O) groups is 4. The van der Waals surface area contributed by atoms with Crippen LogP contribution in [0.5, 0.6) is 11.5 Å². The van der Waals surface area contributed by atoms with E-state index in [1.54, 1.807) is 13.0 Å². The Balaban J connectivity index is 2.89. The highest BCUT2D eigenvalue weighted by Gasteiger charge is 2.22. The molecular weight excluding hydrogens is 522 g/mol. The Morgan fingerprint density at radius 2 is 1.32 bits per heavy atom. The first-order valence-electron chi connectivity index (χ1n) is 13.8. The fraction of sp³-hybridized carbons (Fsp3) is 0.655. The average Bonchev–Trinajstić information content (AvgIpc) is 2.90. The maximum atomic E-state index is 12.5. The van der Waals surface area contributed by atoms with E-state index in [9.17, 15) is 19.2 Å². The van der Waals surface area contributed by atoms with E-state index in [4.69, 9.17) is 34.2 Å². The van der Waals surface area contributed by atoms with Crippen molar-refractivity contribution in [3.63, 3.8) is 0 Å². The molecule has 0 bridgehead atoms. The predicted octanol–water partition coefficient (Wildman–Crippen LogP) is 5.20. The van der Waals surface area contributed by atoms with Crippen molar-refractivity contribution in [2.24, 2.45) is 23.5 Å². The van der Waals surface area contributed by atoms with E-state index in [0.717, 1.165) is 12.8 Å². The van der Waals surface area contributed by atoms with Gasteiger partial charge in [-0.3, -0.25) is 9.59 Å². The van der Waals surface area contributed by atoms with Crippen molar-refractivity contribution in [1.82, 2.24) is 0 Å². The molecule has 0 amide bonds. The highest BCUT2D eigenvalue weighted by Crippen LogP contribution is 2.30. The smallest absolute Gasteiger partial charge is 0.462 e. The van der Waals surface area contributed by atoms with Gasteiger partial charge in [0.2, 0.25) is 0 Å². The third kappa shape index (κ3) is 14.2. The quantitative estimate of drug-likeness (QED) is 0.159. The first-order valence-corrected chi connectivity index (χ1v) is 13.8. The lowest BCUT2D eigenvalue weighted by Crippen LogP contribution is -2.37. The van der Waals surface area contributed by atoms with E-state index in [2.05, 4.69) is 0 Å². The van der Waals surface area contributed by atoms with Gasteiger partial charge in [0.15, 0.2) is 11.5 Å². The number of hydrogen-bond acceptors (Lipinski definition) is 11. The molecule has 2 N–H and O–H groups in total. The van der Waals surface area contributed by atoms with E-state index in [1.807, 2.05) is 41.5 Å². The topological polar surface area (TPSA) is 150 Å². The van der Waals surface area contributed by atoms with E-state index in [-0.39, 0.29) is 67.9 Å². The summed E-state index contributed by atoms with van der Waals surface area (Å²) >= 11 is 0. The Morgan fingerprint density at radius 3 is 1.85 bits per heavy atom. The van der Waals surface area contributed by atoms with Crippen molar-refractivity contribution >= 4 is 24.2 Å². The van der Waals surface area contributed by atoms with Gasteiger partial charge in [-0.2, -0.15) is 0 Å². The number of rotatable bonds is 16. The fourth-order valence-corrected chi connectivity index (χ4v) is 3.00. The summed E-state index contributed by atoms with van der Waals surface area (Å²) in [6.45, 7) is 13.4. The average molecular weight is 568 g/mol. The molecule has 0 spiro atoms. The zero-order valence-corrected chi connectivity index (χ0v) is 24.7. The summed E-state index contributed by atoms with van der Waals surface area (Å²) in [6, 6.07) is 3.34. The van der Waals surface area contributed by atoms with Crippen LogP contribution in [0.3, 0.4) is 0 Å². The lowest BCUT2D eigenvalue weighted by molar-refractivity contribution is -0.159. The Bertz CT molecular complexity index is 964. The number of benzene rings is 1. The summed E-state index contributed by atoms with van der Waals surface area (Å²) in [6.07, 6.45) is -0.684. The molecule has 11 nitrogen and oxygen atoms in total. The minimum atomic E-state index is -1.06. The molecule has 0 heterocycles. The zero-order valence-electron chi connectivity index (χ0n) is 24.7. The minimum Gasteiger partial charge on any atom is -0.462 e. The summed E-state index contributed by atoms with van der Waals surface area (Å²) < 4.78 is 31.3. The summed E-state index contributed by atoms with van der Waals surface area (Å²) in [7, 11) is 0. The van der Waals surface area contributed by atoms with Crippen molar-refractivity contribution in [2.75, 3.05) is 19.8 Å². The van der Waals surface area contributed by atoms with Gasteiger partial charge < -0.3 is 34.2 Å². The number of carbonyl (C=O) groups excluding carboxylic acids is 4. The second kappa shape index (κ2) is 18.1. The summed E-state index contributed by atoms with van der Waals surface area (Å²) in [5, 5.41) is 0. The summed E-state index contributed by atoms with van der Waals surface area (Å²) in [5.74, 6) is -0.793. The van der Waals surface area contributed by atoms with Gasteiger partial charge >= 0.3 is 24.2 Å². The van der Waals surface area contributed by atoms with E-state index in [0.29, 0.717) is 5.56 Å². The normalized spacial score (nSPS) is 13.9. The first kappa shape index (κ1) is 34.7. The third-order valence-corrected chi connectivity index (χ3v) is 5.89. The van der Waals surface area contributed by atoms with Crippen molar-refractivity contribution < 1.29 is 47.6 Å². The lowest BCUT2D eigenvalue weighted by atomic mass is 10.1. The van der Waals surface area contributed by atoms with Crippen molar-refractivity contribution in [3.05, 3.63) is 23.8 Å². The van der Waals surface area contributed by atoms with Crippen molar-refractivity contribution in [2.45, 2.75) is 86.3 Å². The molecule has 11 heteroatoms. The van der Waals surface area contributed by atoms with Crippen LogP contribution in [0.2, 0.25) is 0 Å². The maximum absolute atomic E-state index is 12.5. The Labute approximate surface area is 236 Å². The predicted molar refractivity (Wildman–Crippen MR) is 147 cm³/mol. The minimum absolute atomic E-state index is 0.0235. The van der Waals surface area contributed by atoms with E-state index in [1.165, 1.54) is 12.1 Å². The molecule has 0 radical (unpaired) electrons. The van der Waals surface area contributed by atoms with Gasteiger partial charge in [-0.25, -0.2) is 9.59 Å².